The predicted molar refractivity (Wildman–Crippen MR) is 101 cm³/mol. The second-order valence-electron chi connectivity index (χ2n) is 6.66. The number of rotatable bonds is 5. The van der Waals surface area contributed by atoms with Crippen LogP contribution in [0.15, 0.2) is 30.3 Å². The van der Waals surface area contributed by atoms with Crippen molar-refractivity contribution in [3.63, 3.8) is 0 Å². The van der Waals surface area contributed by atoms with Crippen molar-refractivity contribution in [2.45, 2.75) is 26.7 Å². The van der Waals surface area contributed by atoms with Crippen molar-refractivity contribution in [3.8, 4) is 5.75 Å². The van der Waals surface area contributed by atoms with Crippen molar-refractivity contribution in [2.24, 2.45) is 0 Å². The molecule has 3 aromatic rings. The molecule has 8 heteroatoms. The highest BCUT2D eigenvalue weighted by molar-refractivity contribution is 6.05. The molecule has 0 spiro atoms. The standard InChI is InChI=1S/C21H19F3N2O3/c1-3-7-25-17(27)9-14-11(2)26(21(29)12-5-4-6-13(22)8-12)16-10-15(23)20(28)19(24)18(14)16/h4-6,8,10,28H,3,7,9H2,1-2H3,(H,25,27). The van der Waals surface area contributed by atoms with Crippen LogP contribution in [0, 0.1) is 24.4 Å². The second-order valence-corrected chi connectivity index (χ2v) is 6.66. The Morgan fingerprint density at radius 1 is 1.17 bits per heavy atom. The summed E-state index contributed by atoms with van der Waals surface area (Å²) in [6.07, 6.45) is 0.429. The smallest absolute Gasteiger partial charge is 0.262 e. The third-order valence-electron chi connectivity index (χ3n) is 4.67. The Morgan fingerprint density at radius 2 is 1.90 bits per heavy atom. The van der Waals surface area contributed by atoms with Gasteiger partial charge in [-0.15, -0.1) is 0 Å². The molecule has 29 heavy (non-hydrogen) atoms. The van der Waals surface area contributed by atoms with Gasteiger partial charge in [-0.2, -0.15) is 0 Å². The molecule has 152 valence electrons. The lowest BCUT2D eigenvalue weighted by atomic mass is 10.1. The molecule has 0 radical (unpaired) electrons. The van der Waals surface area contributed by atoms with Gasteiger partial charge >= 0.3 is 0 Å². The highest BCUT2D eigenvalue weighted by atomic mass is 19.1. The number of carbonyl (C=O) groups excluding carboxylic acids is 2. The van der Waals surface area contributed by atoms with Crippen molar-refractivity contribution < 1.29 is 27.9 Å². The van der Waals surface area contributed by atoms with Gasteiger partial charge in [-0.3, -0.25) is 14.2 Å². The fourth-order valence-electron chi connectivity index (χ4n) is 3.27. The third-order valence-corrected chi connectivity index (χ3v) is 4.67. The minimum atomic E-state index is -1.26. The molecule has 3 rings (SSSR count). The number of phenolic OH excluding ortho intramolecular Hbond substituents is 1. The summed E-state index contributed by atoms with van der Waals surface area (Å²) in [4.78, 5) is 25.2. The van der Waals surface area contributed by atoms with E-state index >= 15 is 0 Å². The van der Waals surface area contributed by atoms with Gasteiger partial charge in [0.25, 0.3) is 5.91 Å². The Hall–Kier alpha value is -3.29. The molecule has 1 amide bonds. The SMILES string of the molecule is CCCNC(=O)Cc1c(C)n(C(=O)c2cccc(F)c2)c2cc(F)c(O)c(F)c12. The summed E-state index contributed by atoms with van der Waals surface area (Å²) in [5.41, 5.74) is 0.166. The molecule has 0 unspecified atom stereocenters. The summed E-state index contributed by atoms with van der Waals surface area (Å²) in [5, 5.41) is 12.1. The molecule has 0 aliphatic rings. The predicted octanol–water partition coefficient (Wildman–Crippen LogP) is 3.83. The first-order valence-corrected chi connectivity index (χ1v) is 9.04. The van der Waals surface area contributed by atoms with Gasteiger partial charge in [-0.05, 0) is 37.1 Å². The van der Waals surface area contributed by atoms with Crippen LogP contribution in [0.1, 0.15) is 35.0 Å². The first-order valence-electron chi connectivity index (χ1n) is 9.04. The Labute approximate surface area is 164 Å². The number of hydrogen-bond donors (Lipinski definition) is 2. The molecule has 0 saturated heterocycles. The Kier molecular flexibility index (Phi) is 5.63. The van der Waals surface area contributed by atoms with Crippen LogP contribution >= 0.6 is 0 Å². The molecule has 0 aliphatic carbocycles. The molecule has 0 aliphatic heterocycles. The van der Waals surface area contributed by atoms with E-state index in [4.69, 9.17) is 0 Å². The average molecular weight is 404 g/mol. The first-order chi connectivity index (χ1) is 13.8. The van der Waals surface area contributed by atoms with Crippen molar-refractivity contribution >= 4 is 22.7 Å². The van der Waals surface area contributed by atoms with Gasteiger partial charge in [0, 0.05) is 29.3 Å². The van der Waals surface area contributed by atoms with Crippen LogP contribution in [0.3, 0.4) is 0 Å². The number of phenols is 1. The highest BCUT2D eigenvalue weighted by Crippen LogP contribution is 2.35. The molecule has 2 aromatic carbocycles. The van der Waals surface area contributed by atoms with Crippen LogP contribution in [0.2, 0.25) is 0 Å². The van der Waals surface area contributed by atoms with Crippen molar-refractivity contribution in [3.05, 3.63) is 64.6 Å². The van der Waals surface area contributed by atoms with Gasteiger partial charge in [0.2, 0.25) is 5.91 Å². The minimum absolute atomic E-state index is 0.0270. The maximum atomic E-state index is 14.7. The lowest BCUT2D eigenvalue weighted by Crippen LogP contribution is -2.26. The number of carbonyl (C=O) groups is 2. The van der Waals surface area contributed by atoms with E-state index in [1.165, 1.54) is 19.1 Å². The van der Waals surface area contributed by atoms with Crippen LogP contribution in [0.25, 0.3) is 10.9 Å². The van der Waals surface area contributed by atoms with Crippen molar-refractivity contribution in [1.29, 1.82) is 0 Å². The monoisotopic (exact) mass is 404 g/mol. The van der Waals surface area contributed by atoms with E-state index in [0.717, 1.165) is 22.8 Å². The lowest BCUT2D eigenvalue weighted by Gasteiger charge is -2.08. The summed E-state index contributed by atoms with van der Waals surface area (Å²) >= 11 is 0. The fourth-order valence-corrected chi connectivity index (χ4v) is 3.27. The summed E-state index contributed by atoms with van der Waals surface area (Å²) < 4.78 is 43.4. The normalized spacial score (nSPS) is 11.1. The highest BCUT2D eigenvalue weighted by Gasteiger charge is 2.27. The van der Waals surface area contributed by atoms with E-state index in [-0.39, 0.29) is 34.1 Å². The summed E-state index contributed by atoms with van der Waals surface area (Å²) in [7, 11) is 0. The largest absolute Gasteiger partial charge is 0.503 e. The van der Waals surface area contributed by atoms with Crippen LogP contribution in [-0.2, 0) is 11.2 Å². The summed E-state index contributed by atoms with van der Waals surface area (Å²) in [5.74, 6) is -5.45. The molecule has 0 fully saturated rings. The van der Waals surface area contributed by atoms with E-state index in [1.807, 2.05) is 6.92 Å². The maximum absolute atomic E-state index is 14.7. The topological polar surface area (TPSA) is 71.3 Å². The Morgan fingerprint density at radius 3 is 2.55 bits per heavy atom. The maximum Gasteiger partial charge on any atom is 0.262 e. The summed E-state index contributed by atoms with van der Waals surface area (Å²) in [6.45, 7) is 3.77. The number of aromatic hydroxyl groups is 1. The molecule has 2 N–H and O–H groups in total. The van der Waals surface area contributed by atoms with Gasteiger partial charge in [-0.1, -0.05) is 13.0 Å². The molecular formula is C21H19F3N2O3. The van der Waals surface area contributed by atoms with Gasteiger partial charge in [0.1, 0.15) is 5.82 Å². The molecule has 0 atom stereocenters. The molecule has 0 bridgehead atoms. The molecule has 0 saturated carbocycles. The van der Waals surface area contributed by atoms with Gasteiger partial charge in [0.15, 0.2) is 17.4 Å². The number of hydrogen-bond acceptors (Lipinski definition) is 3. The van der Waals surface area contributed by atoms with Crippen LogP contribution in [0.4, 0.5) is 13.2 Å². The van der Waals surface area contributed by atoms with E-state index in [0.29, 0.717) is 13.0 Å². The van der Waals surface area contributed by atoms with Crippen molar-refractivity contribution in [1.82, 2.24) is 9.88 Å². The molecule has 1 aromatic heterocycles. The minimum Gasteiger partial charge on any atom is -0.503 e. The number of halogens is 3. The number of fused-ring (bicyclic) bond motifs is 1. The zero-order chi connectivity index (χ0) is 21.3. The number of benzene rings is 2. The van der Waals surface area contributed by atoms with Crippen LogP contribution in [0.5, 0.6) is 5.75 Å². The Balaban J connectivity index is 2.23. The zero-order valence-electron chi connectivity index (χ0n) is 15.9. The van der Waals surface area contributed by atoms with Crippen molar-refractivity contribution in [2.75, 3.05) is 6.54 Å². The quantitative estimate of drug-likeness (QED) is 0.679. The summed E-state index contributed by atoms with van der Waals surface area (Å²) in [6, 6.07) is 5.71. The lowest BCUT2D eigenvalue weighted by molar-refractivity contribution is -0.120. The third kappa shape index (κ3) is 3.70. The molecule has 5 nitrogen and oxygen atoms in total. The second kappa shape index (κ2) is 7.98. The van der Waals surface area contributed by atoms with E-state index < -0.39 is 35.0 Å². The van der Waals surface area contributed by atoms with Gasteiger partial charge in [0.05, 0.1) is 11.9 Å². The Bertz CT molecular complexity index is 1120. The van der Waals surface area contributed by atoms with E-state index in [2.05, 4.69) is 5.32 Å². The average Bonchev–Trinajstić information content (AvgIpc) is 2.95. The van der Waals surface area contributed by atoms with Gasteiger partial charge < -0.3 is 10.4 Å². The number of amides is 1. The van der Waals surface area contributed by atoms with E-state index in [1.54, 1.807) is 0 Å². The number of nitrogens with one attached hydrogen (secondary N) is 1. The van der Waals surface area contributed by atoms with Crippen LogP contribution < -0.4 is 5.32 Å². The first kappa shape index (κ1) is 20.4. The van der Waals surface area contributed by atoms with Gasteiger partial charge in [-0.25, -0.2) is 13.2 Å². The number of aromatic nitrogens is 1. The van der Waals surface area contributed by atoms with Crippen LogP contribution in [-0.4, -0.2) is 28.0 Å². The van der Waals surface area contributed by atoms with E-state index in [9.17, 15) is 27.9 Å². The molecular weight excluding hydrogens is 385 g/mol. The zero-order valence-corrected chi connectivity index (χ0v) is 15.9. The molecule has 1 heterocycles. The fraction of sp³-hybridized carbons (Fsp3) is 0.238. The number of nitrogens with zero attached hydrogens (tertiary/aromatic N) is 1.